The van der Waals surface area contributed by atoms with Crippen molar-refractivity contribution in [3.05, 3.63) is 83.4 Å². The van der Waals surface area contributed by atoms with Gasteiger partial charge in [-0.1, -0.05) is 41.9 Å². The average molecular weight is 588 g/mol. The van der Waals surface area contributed by atoms with Crippen molar-refractivity contribution in [3.63, 3.8) is 0 Å². The highest BCUT2D eigenvalue weighted by Gasteiger charge is 2.33. The molecular formula is C29H34ClN3O6S. The number of sulfonamides is 1. The molecule has 0 aliphatic heterocycles. The van der Waals surface area contributed by atoms with Crippen LogP contribution in [0.4, 0.5) is 5.69 Å². The molecule has 0 aliphatic rings. The Morgan fingerprint density at radius 2 is 1.62 bits per heavy atom. The van der Waals surface area contributed by atoms with E-state index in [1.165, 1.54) is 49.5 Å². The first-order chi connectivity index (χ1) is 19.0. The number of amides is 2. The molecule has 3 aromatic rings. The molecule has 0 spiro atoms. The molecule has 1 unspecified atom stereocenters. The zero-order valence-corrected chi connectivity index (χ0v) is 24.7. The quantitative estimate of drug-likeness (QED) is 0.335. The van der Waals surface area contributed by atoms with Crippen molar-refractivity contribution in [2.24, 2.45) is 0 Å². The molecule has 214 valence electrons. The predicted molar refractivity (Wildman–Crippen MR) is 155 cm³/mol. The number of hydrogen-bond donors (Lipinski definition) is 1. The summed E-state index contributed by atoms with van der Waals surface area (Å²) in [6, 6.07) is 18.3. The Bertz CT molecular complexity index is 1430. The first-order valence-electron chi connectivity index (χ1n) is 12.6. The van der Waals surface area contributed by atoms with Crippen LogP contribution in [0.25, 0.3) is 0 Å². The van der Waals surface area contributed by atoms with E-state index in [2.05, 4.69) is 5.32 Å². The highest BCUT2D eigenvalue weighted by molar-refractivity contribution is 7.92. The van der Waals surface area contributed by atoms with Gasteiger partial charge >= 0.3 is 0 Å². The number of nitrogens with one attached hydrogen (secondary N) is 1. The normalized spacial score (nSPS) is 12.0. The van der Waals surface area contributed by atoms with Crippen molar-refractivity contribution in [1.29, 1.82) is 0 Å². The summed E-state index contributed by atoms with van der Waals surface area (Å²) in [5.74, 6) is -0.00495. The summed E-state index contributed by atoms with van der Waals surface area (Å²) in [6.45, 7) is 4.71. The van der Waals surface area contributed by atoms with Gasteiger partial charge in [0.2, 0.25) is 11.8 Å². The zero-order chi connectivity index (χ0) is 29.4. The summed E-state index contributed by atoms with van der Waals surface area (Å²) in [7, 11) is -1.22. The molecule has 0 bridgehead atoms. The van der Waals surface area contributed by atoms with Crippen molar-refractivity contribution in [2.75, 3.05) is 25.1 Å². The SMILES string of the molecule is COc1cccc(CN(C(=O)CN(c2ccc(OC)c(Cl)c2)S(=O)(=O)c2ccccc2)C(C)C(=O)NC(C)C)c1. The molecule has 0 radical (unpaired) electrons. The molecule has 11 heteroatoms. The van der Waals surface area contributed by atoms with E-state index in [0.717, 1.165) is 4.31 Å². The van der Waals surface area contributed by atoms with Gasteiger partial charge < -0.3 is 19.7 Å². The summed E-state index contributed by atoms with van der Waals surface area (Å²) in [5.41, 5.74) is 0.880. The fourth-order valence-corrected chi connectivity index (χ4v) is 5.69. The first kappa shape index (κ1) is 30.8. The fourth-order valence-electron chi connectivity index (χ4n) is 4.01. The van der Waals surface area contributed by atoms with Crippen molar-refractivity contribution in [3.8, 4) is 11.5 Å². The number of anilines is 1. The largest absolute Gasteiger partial charge is 0.497 e. The summed E-state index contributed by atoms with van der Waals surface area (Å²) in [5, 5.41) is 3.01. The minimum absolute atomic E-state index is 0.000291. The number of nitrogens with zero attached hydrogens (tertiary/aromatic N) is 2. The van der Waals surface area contributed by atoms with Crippen LogP contribution in [-0.4, -0.2) is 58.0 Å². The summed E-state index contributed by atoms with van der Waals surface area (Å²) in [6.07, 6.45) is 0. The van der Waals surface area contributed by atoms with E-state index in [1.54, 1.807) is 49.4 Å². The number of ether oxygens (including phenoxy) is 2. The van der Waals surface area contributed by atoms with Gasteiger partial charge in [0.15, 0.2) is 0 Å². The molecule has 0 fully saturated rings. The molecule has 1 atom stereocenters. The van der Waals surface area contributed by atoms with Crippen LogP contribution in [0, 0.1) is 0 Å². The molecule has 2 amide bonds. The van der Waals surface area contributed by atoms with Gasteiger partial charge in [0.1, 0.15) is 24.1 Å². The fraction of sp³-hybridized carbons (Fsp3) is 0.310. The maximum absolute atomic E-state index is 14.0. The van der Waals surface area contributed by atoms with Crippen LogP contribution in [0.15, 0.2) is 77.7 Å². The first-order valence-corrected chi connectivity index (χ1v) is 14.4. The number of rotatable bonds is 12. The molecule has 0 saturated carbocycles. The van der Waals surface area contributed by atoms with E-state index in [0.29, 0.717) is 17.1 Å². The Morgan fingerprint density at radius 1 is 0.925 bits per heavy atom. The van der Waals surface area contributed by atoms with Gasteiger partial charge in [-0.2, -0.15) is 0 Å². The zero-order valence-electron chi connectivity index (χ0n) is 23.1. The lowest BCUT2D eigenvalue weighted by atomic mass is 10.1. The van der Waals surface area contributed by atoms with Gasteiger partial charge in [0, 0.05) is 12.6 Å². The lowest BCUT2D eigenvalue weighted by molar-refractivity contribution is -0.139. The van der Waals surface area contributed by atoms with E-state index in [4.69, 9.17) is 21.1 Å². The smallest absolute Gasteiger partial charge is 0.264 e. The third kappa shape index (κ3) is 7.45. The minimum atomic E-state index is -4.20. The van der Waals surface area contributed by atoms with Crippen LogP contribution in [0.1, 0.15) is 26.3 Å². The lowest BCUT2D eigenvalue weighted by Crippen LogP contribution is -2.52. The second kappa shape index (κ2) is 13.5. The van der Waals surface area contributed by atoms with Crippen LogP contribution >= 0.6 is 11.6 Å². The van der Waals surface area contributed by atoms with E-state index < -0.39 is 28.5 Å². The standard InChI is InChI=1S/C29H34ClN3O6S/c1-20(2)31-29(35)21(3)32(18-22-10-9-11-24(16-22)38-4)28(34)19-33(23-14-15-27(39-5)26(30)17-23)40(36,37)25-12-7-6-8-13-25/h6-17,20-21H,18-19H2,1-5H3,(H,31,35). The van der Waals surface area contributed by atoms with E-state index in [-0.39, 0.29) is 34.1 Å². The average Bonchev–Trinajstić information content (AvgIpc) is 2.94. The number of hydrogen-bond acceptors (Lipinski definition) is 6. The van der Waals surface area contributed by atoms with Crippen LogP contribution in [0.5, 0.6) is 11.5 Å². The van der Waals surface area contributed by atoms with Gasteiger partial charge in [-0.25, -0.2) is 8.42 Å². The minimum Gasteiger partial charge on any atom is -0.497 e. The second-order valence-electron chi connectivity index (χ2n) is 9.36. The molecule has 0 heterocycles. The monoisotopic (exact) mass is 587 g/mol. The highest BCUT2D eigenvalue weighted by atomic mass is 35.5. The molecule has 0 aliphatic carbocycles. The van der Waals surface area contributed by atoms with Crippen LogP contribution < -0.4 is 19.1 Å². The number of carbonyl (C=O) groups excluding carboxylic acids is 2. The predicted octanol–water partition coefficient (Wildman–Crippen LogP) is 4.49. The summed E-state index contributed by atoms with van der Waals surface area (Å²) >= 11 is 6.34. The van der Waals surface area contributed by atoms with Crippen LogP contribution in [0.2, 0.25) is 5.02 Å². The molecular weight excluding hydrogens is 554 g/mol. The number of benzene rings is 3. The van der Waals surface area contributed by atoms with Gasteiger partial charge in [-0.15, -0.1) is 0 Å². The van der Waals surface area contributed by atoms with E-state index in [1.807, 2.05) is 13.8 Å². The number of carbonyl (C=O) groups is 2. The lowest BCUT2D eigenvalue weighted by Gasteiger charge is -2.32. The molecule has 40 heavy (non-hydrogen) atoms. The highest BCUT2D eigenvalue weighted by Crippen LogP contribution is 2.32. The Balaban J connectivity index is 2.06. The maximum atomic E-state index is 14.0. The number of halogens is 1. The Labute approximate surface area is 240 Å². The third-order valence-corrected chi connectivity index (χ3v) is 8.20. The van der Waals surface area contributed by atoms with E-state index in [9.17, 15) is 18.0 Å². The van der Waals surface area contributed by atoms with E-state index >= 15 is 0 Å². The Hall–Kier alpha value is -3.76. The molecule has 0 saturated heterocycles. The van der Waals surface area contributed by atoms with Gasteiger partial charge in [0.25, 0.3) is 10.0 Å². The topological polar surface area (TPSA) is 105 Å². The van der Waals surface area contributed by atoms with Crippen molar-refractivity contribution in [1.82, 2.24) is 10.2 Å². The third-order valence-electron chi connectivity index (χ3n) is 6.12. The summed E-state index contributed by atoms with van der Waals surface area (Å²) < 4.78 is 39.2. The van der Waals surface area contributed by atoms with Gasteiger partial charge in [-0.05, 0) is 68.8 Å². The van der Waals surface area contributed by atoms with Gasteiger partial charge in [0.05, 0.1) is 29.8 Å². The van der Waals surface area contributed by atoms with Crippen molar-refractivity contribution < 1.29 is 27.5 Å². The molecule has 3 rings (SSSR count). The maximum Gasteiger partial charge on any atom is 0.264 e. The van der Waals surface area contributed by atoms with Crippen LogP contribution in [-0.2, 0) is 26.2 Å². The second-order valence-corrected chi connectivity index (χ2v) is 11.6. The molecule has 0 aromatic heterocycles. The number of methoxy groups -OCH3 is 2. The Kier molecular flexibility index (Phi) is 10.4. The molecule has 1 N–H and O–H groups in total. The van der Waals surface area contributed by atoms with Crippen molar-refractivity contribution >= 4 is 39.1 Å². The molecule has 9 nitrogen and oxygen atoms in total. The summed E-state index contributed by atoms with van der Waals surface area (Å²) in [4.78, 5) is 28.3. The Morgan fingerprint density at radius 3 is 2.23 bits per heavy atom. The molecule has 3 aromatic carbocycles. The van der Waals surface area contributed by atoms with Crippen molar-refractivity contribution in [2.45, 2.75) is 44.3 Å². The van der Waals surface area contributed by atoms with Crippen LogP contribution in [0.3, 0.4) is 0 Å². The van der Waals surface area contributed by atoms with Gasteiger partial charge in [-0.3, -0.25) is 13.9 Å².